The molecule has 0 spiro atoms. The van der Waals surface area contributed by atoms with Crippen molar-refractivity contribution in [3.05, 3.63) is 35.4 Å². The summed E-state index contributed by atoms with van der Waals surface area (Å²) in [6.45, 7) is 15.0. The Balaban J connectivity index is 2.72. The number of amides is 1. The van der Waals surface area contributed by atoms with Gasteiger partial charge >= 0.3 is 0 Å². The highest BCUT2D eigenvalue weighted by atomic mass is 16.1. The average Bonchev–Trinajstić information content (AvgIpc) is 2.53. The maximum absolute atomic E-state index is 12.4. The number of carbonyl (C=O) groups excluding carboxylic acids is 1. The lowest BCUT2D eigenvalue weighted by molar-refractivity contribution is 0.0937. The van der Waals surface area contributed by atoms with Gasteiger partial charge in [0.2, 0.25) is 0 Å². The van der Waals surface area contributed by atoms with Crippen LogP contribution in [0.5, 0.6) is 0 Å². The first-order valence-corrected chi connectivity index (χ1v) is 9.74. The third-order valence-corrected chi connectivity index (χ3v) is 5.88. The van der Waals surface area contributed by atoms with E-state index in [0.717, 1.165) is 12.8 Å². The van der Waals surface area contributed by atoms with Gasteiger partial charge in [-0.25, -0.2) is 0 Å². The maximum atomic E-state index is 12.4. The summed E-state index contributed by atoms with van der Waals surface area (Å²) in [5, 5.41) is 6.27. The zero-order chi connectivity index (χ0) is 20.1. The van der Waals surface area contributed by atoms with Crippen LogP contribution in [0.15, 0.2) is 24.3 Å². The van der Waals surface area contributed by atoms with E-state index < -0.39 is 0 Å². The number of nitrogens with two attached hydrogens (primary N) is 1. The van der Waals surface area contributed by atoms with Crippen LogP contribution in [-0.4, -0.2) is 30.6 Å². The van der Waals surface area contributed by atoms with Gasteiger partial charge in [-0.1, -0.05) is 32.9 Å². The van der Waals surface area contributed by atoms with Crippen molar-refractivity contribution in [1.29, 1.82) is 0 Å². The molecule has 26 heavy (non-hydrogen) atoms. The smallest absolute Gasteiger partial charge is 0.251 e. The quantitative estimate of drug-likeness (QED) is 0.621. The first-order valence-electron chi connectivity index (χ1n) is 9.74. The Morgan fingerprint density at radius 2 is 1.58 bits per heavy atom. The zero-order valence-electron chi connectivity index (χ0n) is 17.9. The third kappa shape index (κ3) is 6.40. The summed E-state index contributed by atoms with van der Waals surface area (Å²) in [6.07, 6.45) is 1.91. The molecule has 1 rings (SSSR count). The summed E-state index contributed by atoms with van der Waals surface area (Å²) >= 11 is 0. The van der Waals surface area contributed by atoms with Gasteiger partial charge in [-0.15, -0.1) is 0 Å². The minimum absolute atomic E-state index is 0.0107. The predicted octanol–water partition coefficient (Wildman–Crippen LogP) is 4.06. The van der Waals surface area contributed by atoms with Gasteiger partial charge in [-0.05, 0) is 76.6 Å². The van der Waals surface area contributed by atoms with Crippen LogP contribution in [-0.2, 0) is 0 Å². The Morgan fingerprint density at radius 3 is 2.04 bits per heavy atom. The largest absolute Gasteiger partial charge is 0.350 e. The van der Waals surface area contributed by atoms with Gasteiger partial charge in [0.25, 0.3) is 5.91 Å². The Morgan fingerprint density at radius 1 is 1.04 bits per heavy atom. The van der Waals surface area contributed by atoms with Gasteiger partial charge in [-0.3, -0.25) is 4.79 Å². The summed E-state index contributed by atoms with van der Waals surface area (Å²) in [5.74, 6) is 0.378. The monoisotopic (exact) mass is 361 g/mol. The molecule has 1 aromatic rings. The summed E-state index contributed by atoms with van der Waals surface area (Å²) in [4.78, 5) is 12.4. The first kappa shape index (κ1) is 22.7. The van der Waals surface area contributed by atoms with Crippen LogP contribution in [0.25, 0.3) is 0 Å². The lowest BCUT2D eigenvalue weighted by Crippen LogP contribution is -2.47. The van der Waals surface area contributed by atoms with E-state index in [0.29, 0.717) is 17.5 Å². The van der Waals surface area contributed by atoms with Crippen LogP contribution in [0, 0.1) is 5.41 Å². The molecule has 3 atom stereocenters. The second-order valence-electron chi connectivity index (χ2n) is 9.13. The number of carbonyl (C=O) groups is 1. The first-order chi connectivity index (χ1) is 11.9. The summed E-state index contributed by atoms with van der Waals surface area (Å²) < 4.78 is 0. The Labute approximate surface area is 160 Å². The molecule has 0 radical (unpaired) electrons. The molecule has 4 nitrogen and oxygen atoms in total. The van der Waals surface area contributed by atoms with Gasteiger partial charge in [0.15, 0.2) is 0 Å². The highest BCUT2D eigenvalue weighted by molar-refractivity contribution is 5.94. The fourth-order valence-corrected chi connectivity index (χ4v) is 3.12. The van der Waals surface area contributed by atoms with E-state index in [2.05, 4.69) is 64.3 Å². The standard InChI is InChI=1S/C22H39N3O/c1-15(14-21(4,5)22(6,7)23)18-9-11-19(12-10-18)20(26)25-17(3)13-16(2)24-8/h9-12,15-17,24H,13-14,23H2,1-8H3,(H,25,26). The van der Waals surface area contributed by atoms with E-state index >= 15 is 0 Å². The summed E-state index contributed by atoms with van der Waals surface area (Å²) in [5.41, 5.74) is 8.09. The van der Waals surface area contributed by atoms with Crippen LogP contribution >= 0.6 is 0 Å². The molecule has 0 aliphatic carbocycles. The van der Waals surface area contributed by atoms with Crippen molar-refractivity contribution in [2.24, 2.45) is 11.1 Å². The topological polar surface area (TPSA) is 67.1 Å². The predicted molar refractivity (Wildman–Crippen MR) is 112 cm³/mol. The molecule has 148 valence electrons. The minimum atomic E-state index is -0.234. The zero-order valence-corrected chi connectivity index (χ0v) is 17.9. The average molecular weight is 362 g/mol. The number of benzene rings is 1. The second-order valence-corrected chi connectivity index (χ2v) is 9.13. The van der Waals surface area contributed by atoms with E-state index in [1.807, 2.05) is 26.1 Å². The van der Waals surface area contributed by atoms with E-state index in [9.17, 15) is 4.79 Å². The molecule has 1 aromatic carbocycles. The molecule has 0 saturated carbocycles. The molecule has 0 aliphatic rings. The summed E-state index contributed by atoms with van der Waals surface area (Å²) in [6, 6.07) is 8.51. The van der Waals surface area contributed by atoms with Crippen LogP contribution in [0.3, 0.4) is 0 Å². The number of hydrogen-bond acceptors (Lipinski definition) is 3. The van der Waals surface area contributed by atoms with Crippen molar-refractivity contribution in [2.75, 3.05) is 7.05 Å². The van der Waals surface area contributed by atoms with E-state index in [1.54, 1.807) is 0 Å². The Kier molecular flexibility index (Phi) is 7.85. The van der Waals surface area contributed by atoms with E-state index in [4.69, 9.17) is 5.73 Å². The van der Waals surface area contributed by atoms with Crippen LogP contribution in [0.4, 0.5) is 0 Å². The molecule has 0 saturated heterocycles. The van der Waals surface area contributed by atoms with Gasteiger partial charge in [-0.2, -0.15) is 0 Å². The van der Waals surface area contributed by atoms with E-state index in [-0.39, 0.29) is 22.9 Å². The Bertz CT molecular complexity index is 572. The molecule has 0 aromatic heterocycles. The SMILES string of the molecule is CNC(C)CC(C)NC(=O)c1ccc(C(C)CC(C)(C)C(C)(C)N)cc1. The molecule has 0 bridgehead atoms. The van der Waals surface area contributed by atoms with Crippen molar-refractivity contribution < 1.29 is 4.79 Å². The molecular weight excluding hydrogens is 322 g/mol. The van der Waals surface area contributed by atoms with Crippen molar-refractivity contribution in [3.8, 4) is 0 Å². The van der Waals surface area contributed by atoms with Crippen molar-refractivity contribution >= 4 is 5.91 Å². The van der Waals surface area contributed by atoms with Crippen LogP contribution in [0.2, 0.25) is 0 Å². The third-order valence-electron chi connectivity index (χ3n) is 5.88. The maximum Gasteiger partial charge on any atom is 0.251 e. The van der Waals surface area contributed by atoms with Crippen LogP contribution in [0.1, 0.15) is 83.1 Å². The fourth-order valence-electron chi connectivity index (χ4n) is 3.12. The lowest BCUT2D eigenvalue weighted by Gasteiger charge is -2.40. The van der Waals surface area contributed by atoms with Crippen molar-refractivity contribution in [3.63, 3.8) is 0 Å². The fraction of sp³-hybridized carbons (Fsp3) is 0.682. The molecule has 4 N–H and O–H groups in total. The highest BCUT2D eigenvalue weighted by Crippen LogP contribution is 2.38. The van der Waals surface area contributed by atoms with Crippen molar-refractivity contribution in [1.82, 2.24) is 10.6 Å². The Hall–Kier alpha value is -1.39. The van der Waals surface area contributed by atoms with Crippen LogP contribution < -0.4 is 16.4 Å². The highest BCUT2D eigenvalue weighted by Gasteiger charge is 2.34. The lowest BCUT2D eigenvalue weighted by atomic mass is 9.69. The molecular formula is C22H39N3O. The minimum Gasteiger partial charge on any atom is -0.350 e. The molecule has 4 heteroatoms. The molecule has 0 heterocycles. The molecule has 3 unspecified atom stereocenters. The van der Waals surface area contributed by atoms with Gasteiger partial charge in [0.05, 0.1) is 0 Å². The molecule has 1 amide bonds. The number of rotatable bonds is 9. The van der Waals surface area contributed by atoms with Gasteiger partial charge in [0, 0.05) is 23.2 Å². The normalized spacial score (nSPS) is 16.0. The molecule has 0 fully saturated rings. The summed E-state index contributed by atoms with van der Waals surface area (Å²) in [7, 11) is 1.94. The molecule has 0 aliphatic heterocycles. The van der Waals surface area contributed by atoms with Gasteiger partial charge < -0.3 is 16.4 Å². The van der Waals surface area contributed by atoms with Crippen molar-refractivity contribution in [2.45, 2.75) is 84.8 Å². The number of hydrogen-bond donors (Lipinski definition) is 3. The second kappa shape index (κ2) is 9.01. The van der Waals surface area contributed by atoms with Gasteiger partial charge in [0.1, 0.15) is 0 Å². The number of nitrogens with one attached hydrogen (secondary N) is 2. The van der Waals surface area contributed by atoms with E-state index in [1.165, 1.54) is 5.56 Å².